The van der Waals surface area contributed by atoms with Crippen LogP contribution in [0, 0.1) is 25.1 Å². The van der Waals surface area contributed by atoms with Crippen molar-refractivity contribution in [1.29, 1.82) is 0 Å². The number of aryl methyl sites for hydroxylation is 1. The summed E-state index contributed by atoms with van der Waals surface area (Å²) in [5.41, 5.74) is 1.04. The Morgan fingerprint density at radius 3 is 2.93 bits per heavy atom. The summed E-state index contributed by atoms with van der Waals surface area (Å²) in [6.07, 6.45) is 4.99. The molecule has 1 aromatic carbocycles. The largest absolute Gasteiger partial charge is 0.452 e. The summed E-state index contributed by atoms with van der Waals surface area (Å²) in [6, 6.07) is 4.07. The normalized spacial score (nSPS) is 10.2. The zero-order chi connectivity index (χ0) is 11.0. The molecule has 0 atom stereocenters. The van der Waals surface area contributed by atoms with Gasteiger partial charge in [0, 0.05) is 10.9 Å². The molecule has 0 N–H and O–H groups in total. The van der Waals surface area contributed by atoms with E-state index in [1.54, 1.807) is 6.92 Å². The predicted molar refractivity (Wildman–Crippen MR) is 54.1 cm³/mol. The third-order valence-corrected chi connectivity index (χ3v) is 2.24. The van der Waals surface area contributed by atoms with Gasteiger partial charge in [0.2, 0.25) is 0 Å². The van der Waals surface area contributed by atoms with Crippen molar-refractivity contribution in [3.05, 3.63) is 35.3 Å². The van der Waals surface area contributed by atoms with E-state index >= 15 is 0 Å². The van der Waals surface area contributed by atoms with Gasteiger partial charge >= 0.3 is 0 Å². The summed E-state index contributed by atoms with van der Waals surface area (Å²) in [4.78, 5) is 11.3. The Labute approximate surface area is 85.7 Å². The van der Waals surface area contributed by atoms with Crippen LogP contribution in [0.3, 0.4) is 0 Å². The topological polar surface area (TPSA) is 30.2 Å². The fraction of sp³-hybridized carbons (Fsp3) is 0.0833. The van der Waals surface area contributed by atoms with Crippen LogP contribution in [-0.2, 0) is 0 Å². The third-order valence-electron chi connectivity index (χ3n) is 2.24. The molecule has 2 aromatic rings. The minimum atomic E-state index is -0.524. The Bertz CT molecular complexity index is 587. The molecule has 3 heteroatoms. The third kappa shape index (κ3) is 1.40. The number of hydrogen-bond donors (Lipinski definition) is 0. The lowest BCUT2D eigenvalue weighted by atomic mass is 10.1. The zero-order valence-corrected chi connectivity index (χ0v) is 8.00. The number of ketones is 1. The van der Waals surface area contributed by atoms with Gasteiger partial charge in [-0.3, -0.25) is 4.79 Å². The van der Waals surface area contributed by atoms with Gasteiger partial charge in [-0.2, -0.15) is 0 Å². The van der Waals surface area contributed by atoms with Crippen molar-refractivity contribution in [1.82, 2.24) is 0 Å². The number of benzene rings is 1. The average Bonchev–Trinajstić information content (AvgIpc) is 2.55. The molecule has 0 bridgehead atoms. The molecule has 0 radical (unpaired) electrons. The highest BCUT2D eigenvalue weighted by molar-refractivity contribution is 6.10. The average molecular weight is 202 g/mol. The van der Waals surface area contributed by atoms with Crippen LogP contribution in [0.25, 0.3) is 11.0 Å². The van der Waals surface area contributed by atoms with Crippen LogP contribution < -0.4 is 0 Å². The number of rotatable bonds is 1. The van der Waals surface area contributed by atoms with Crippen molar-refractivity contribution in [2.45, 2.75) is 6.92 Å². The van der Waals surface area contributed by atoms with E-state index in [0.717, 1.165) is 0 Å². The van der Waals surface area contributed by atoms with Gasteiger partial charge in [-0.05, 0) is 31.0 Å². The van der Waals surface area contributed by atoms with E-state index in [0.29, 0.717) is 16.5 Å². The van der Waals surface area contributed by atoms with E-state index in [9.17, 15) is 9.18 Å². The first-order valence-corrected chi connectivity index (χ1v) is 4.33. The molecule has 0 aliphatic rings. The summed E-state index contributed by atoms with van der Waals surface area (Å²) in [5.74, 6) is 1.19. The maximum absolute atomic E-state index is 12.9. The molecule has 0 aliphatic carbocycles. The van der Waals surface area contributed by atoms with Gasteiger partial charge in [-0.1, -0.05) is 0 Å². The molecule has 2 rings (SSSR count). The highest BCUT2D eigenvalue weighted by atomic mass is 19.1. The Morgan fingerprint density at radius 2 is 2.27 bits per heavy atom. The van der Waals surface area contributed by atoms with Crippen molar-refractivity contribution in [3.8, 4) is 12.3 Å². The zero-order valence-electron chi connectivity index (χ0n) is 8.00. The van der Waals surface area contributed by atoms with Crippen LogP contribution in [0.1, 0.15) is 16.1 Å². The molecular formula is C12H7FO2. The Kier molecular flexibility index (Phi) is 2.05. The molecule has 0 aliphatic heterocycles. The van der Waals surface area contributed by atoms with Gasteiger partial charge < -0.3 is 4.42 Å². The first-order valence-electron chi connectivity index (χ1n) is 4.33. The predicted octanol–water partition coefficient (Wildman–Crippen LogP) is 2.70. The lowest BCUT2D eigenvalue weighted by Crippen LogP contribution is -1.93. The summed E-state index contributed by atoms with van der Waals surface area (Å²) >= 11 is 0. The van der Waals surface area contributed by atoms with E-state index in [2.05, 4.69) is 0 Å². The first-order chi connectivity index (χ1) is 7.13. The van der Waals surface area contributed by atoms with E-state index in [-0.39, 0.29) is 11.6 Å². The lowest BCUT2D eigenvalue weighted by Gasteiger charge is -1.89. The first kappa shape index (κ1) is 9.47. The minimum Gasteiger partial charge on any atom is -0.452 e. The minimum absolute atomic E-state index is 0.109. The quantitative estimate of drug-likeness (QED) is 0.404. The van der Waals surface area contributed by atoms with Gasteiger partial charge in [0.1, 0.15) is 11.4 Å². The van der Waals surface area contributed by atoms with Gasteiger partial charge in [0.15, 0.2) is 5.76 Å². The molecule has 1 heterocycles. The number of Topliss-reactive ketones (excluding diaryl/α,β-unsaturated/α-hetero) is 1. The number of carbonyl (C=O) groups is 1. The van der Waals surface area contributed by atoms with Crippen molar-refractivity contribution in [3.63, 3.8) is 0 Å². The molecular weight excluding hydrogens is 195 g/mol. The second kappa shape index (κ2) is 3.25. The van der Waals surface area contributed by atoms with Crippen LogP contribution in [0.5, 0.6) is 0 Å². The van der Waals surface area contributed by atoms with E-state index in [4.69, 9.17) is 10.8 Å². The number of halogens is 1. The second-order valence-electron chi connectivity index (χ2n) is 3.17. The number of carbonyl (C=O) groups excluding carboxylic acids is 1. The summed E-state index contributed by atoms with van der Waals surface area (Å²) in [5, 5.41) is 0.577. The number of hydrogen-bond acceptors (Lipinski definition) is 2. The van der Waals surface area contributed by atoms with Crippen LogP contribution in [0.4, 0.5) is 4.39 Å². The molecule has 0 amide bonds. The highest BCUT2D eigenvalue weighted by Gasteiger charge is 2.15. The van der Waals surface area contributed by atoms with Crippen LogP contribution in [0.2, 0.25) is 0 Å². The molecule has 15 heavy (non-hydrogen) atoms. The van der Waals surface area contributed by atoms with Crippen LogP contribution in [0.15, 0.2) is 22.6 Å². The fourth-order valence-corrected chi connectivity index (χ4v) is 1.48. The van der Waals surface area contributed by atoms with Crippen molar-refractivity contribution < 1.29 is 13.6 Å². The Morgan fingerprint density at radius 1 is 1.53 bits per heavy atom. The van der Waals surface area contributed by atoms with Gasteiger partial charge in [0.25, 0.3) is 5.78 Å². The lowest BCUT2D eigenvalue weighted by molar-refractivity contribution is 0.103. The molecule has 0 saturated carbocycles. The van der Waals surface area contributed by atoms with Gasteiger partial charge in [0.05, 0.1) is 0 Å². The number of furan rings is 1. The van der Waals surface area contributed by atoms with Crippen molar-refractivity contribution in [2.24, 2.45) is 0 Å². The Balaban J connectivity index is 2.76. The molecule has 1 aromatic heterocycles. The van der Waals surface area contributed by atoms with E-state index < -0.39 is 5.78 Å². The Hall–Kier alpha value is -2.08. The smallest absolute Gasteiger partial charge is 0.271 e. The SMILES string of the molecule is C#CC(=O)c1oc2ccc(F)cc2c1C. The molecule has 0 saturated heterocycles. The van der Waals surface area contributed by atoms with E-state index in [1.807, 2.05) is 5.92 Å². The second-order valence-corrected chi connectivity index (χ2v) is 3.17. The van der Waals surface area contributed by atoms with Gasteiger partial charge in [-0.15, -0.1) is 6.42 Å². The summed E-state index contributed by atoms with van der Waals surface area (Å²) in [7, 11) is 0. The highest BCUT2D eigenvalue weighted by Crippen LogP contribution is 2.25. The maximum atomic E-state index is 12.9. The summed E-state index contributed by atoms with van der Waals surface area (Å²) < 4.78 is 18.2. The van der Waals surface area contributed by atoms with Crippen LogP contribution in [-0.4, -0.2) is 5.78 Å². The van der Waals surface area contributed by atoms with E-state index in [1.165, 1.54) is 18.2 Å². The van der Waals surface area contributed by atoms with Crippen LogP contribution >= 0.6 is 0 Å². The fourth-order valence-electron chi connectivity index (χ4n) is 1.48. The molecule has 74 valence electrons. The maximum Gasteiger partial charge on any atom is 0.271 e. The molecule has 0 unspecified atom stereocenters. The molecule has 2 nitrogen and oxygen atoms in total. The standard InChI is InChI=1S/C12H7FO2/c1-3-10(14)12-7(2)9-6-8(13)4-5-11(9)15-12/h1,4-6H,2H3. The monoisotopic (exact) mass is 202 g/mol. The number of terminal acetylenes is 1. The van der Waals surface area contributed by atoms with Gasteiger partial charge in [-0.25, -0.2) is 4.39 Å². The van der Waals surface area contributed by atoms with Crippen molar-refractivity contribution >= 4 is 16.8 Å². The summed E-state index contributed by atoms with van der Waals surface area (Å²) in [6.45, 7) is 1.68. The molecule has 0 spiro atoms. The van der Waals surface area contributed by atoms with Crippen molar-refractivity contribution in [2.75, 3.05) is 0 Å². The molecule has 0 fully saturated rings. The number of fused-ring (bicyclic) bond motifs is 1.